The summed E-state index contributed by atoms with van der Waals surface area (Å²) in [6.07, 6.45) is 8.56. The predicted molar refractivity (Wildman–Crippen MR) is 73.1 cm³/mol. The summed E-state index contributed by atoms with van der Waals surface area (Å²) in [5.41, 5.74) is 6.79. The summed E-state index contributed by atoms with van der Waals surface area (Å²) in [4.78, 5) is 6.52. The lowest BCUT2D eigenvalue weighted by atomic mass is 9.84. The quantitative estimate of drug-likeness (QED) is 0.872. The van der Waals surface area contributed by atoms with E-state index in [4.69, 9.17) is 5.73 Å². The van der Waals surface area contributed by atoms with Crippen molar-refractivity contribution < 1.29 is 0 Å². The minimum atomic E-state index is 0.594. The molecule has 2 N–H and O–H groups in total. The fourth-order valence-corrected chi connectivity index (χ4v) is 2.76. The molecule has 0 atom stereocenters. The van der Waals surface area contributed by atoms with Crippen LogP contribution in [0.2, 0.25) is 0 Å². The first-order valence-corrected chi connectivity index (χ1v) is 6.65. The van der Waals surface area contributed by atoms with E-state index in [0.717, 1.165) is 5.92 Å². The zero-order chi connectivity index (χ0) is 12.3. The molecule has 3 nitrogen and oxygen atoms in total. The van der Waals surface area contributed by atoms with Crippen LogP contribution in [0, 0.1) is 5.92 Å². The Morgan fingerprint density at radius 2 is 2.00 bits per heavy atom. The lowest BCUT2D eigenvalue weighted by Gasteiger charge is -2.35. The van der Waals surface area contributed by atoms with E-state index in [2.05, 4.69) is 29.9 Å². The van der Waals surface area contributed by atoms with Gasteiger partial charge in [0.1, 0.15) is 5.82 Å². The average Bonchev–Trinajstić information content (AvgIpc) is 2.39. The maximum Gasteiger partial charge on any atom is 0.123 e. The molecule has 0 unspecified atom stereocenters. The third-order valence-corrected chi connectivity index (χ3v) is 4.12. The Kier molecular flexibility index (Phi) is 3.87. The standard InChI is InChI=1S/C14H23N3/c1-3-11-4-6-12(7-5-11)17(2)13-8-9-14(15)16-10-13/h8-12H,3-7H2,1-2H3,(H2,15,16). The molecule has 1 fully saturated rings. The van der Waals surface area contributed by atoms with Crippen molar-refractivity contribution in [3.63, 3.8) is 0 Å². The highest BCUT2D eigenvalue weighted by molar-refractivity contribution is 5.48. The van der Waals surface area contributed by atoms with Crippen molar-refractivity contribution >= 4 is 11.5 Å². The van der Waals surface area contributed by atoms with Gasteiger partial charge in [-0.1, -0.05) is 13.3 Å². The van der Waals surface area contributed by atoms with Crippen LogP contribution >= 0.6 is 0 Å². The van der Waals surface area contributed by atoms with Crippen LogP contribution < -0.4 is 10.6 Å². The number of pyridine rings is 1. The molecule has 1 aromatic rings. The number of hydrogen-bond donors (Lipinski definition) is 1. The number of nitrogen functional groups attached to an aromatic ring is 1. The van der Waals surface area contributed by atoms with Gasteiger partial charge in [0.05, 0.1) is 11.9 Å². The molecule has 0 aromatic carbocycles. The largest absolute Gasteiger partial charge is 0.384 e. The molecule has 0 aliphatic heterocycles. The van der Waals surface area contributed by atoms with E-state index < -0.39 is 0 Å². The molecule has 3 heteroatoms. The van der Waals surface area contributed by atoms with Gasteiger partial charge in [0.2, 0.25) is 0 Å². The Hall–Kier alpha value is -1.25. The molecular formula is C14H23N3. The summed E-state index contributed by atoms with van der Waals surface area (Å²) in [7, 11) is 2.17. The van der Waals surface area contributed by atoms with Crippen molar-refractivity contribution in [2.45, 2.75) is 45.1 Å². The summed E-state index contributed by atoms with van der Waals surface area (Å²) in [5.74, 6) is 1.54. The molecule has 2 rings (SSSR count). The normalized spacial score (nSPS) is 24.6. The molecule has 1 saturated carbocycles. The minimum absolute atomic E-state index is 0.594. The Bertz CT molecular complexity index is 339. The first-order valence-electron chi connectivity index (χ1n) is 6.65. The lowest BCUT2D eigenvalue weighted by Crippen LogP contribution is -2.35. The monoisotopic (exact) mass is 233 g/mol. The SMILES string of the molecule is CCC1CCC(N(C)c2ccc(N)nc2)CC1. The van der Waals surface area contributed by atoms with Gasteiger partial charge in [-0.3, -0.25) is 0 Å². The van der Waals surface area contributed by atoms with Gasteiger partial charge in [-0.25, -0.2) is 4.98 Å². The Labute approximate surface area is 104 Å². The van der Waals surface area contributed by atoms with E-state index in [9.17, 15) is 0 Å². The number of aromatic nitrogens is 1. The van der Waals surface area contributed by atoms with Gasteiger partial charge < -0.3 is 10.6 Å². The number of nitrogens with two attached hydrogens (primary N) is 1. The number of nitrogens with zero attached hydrogens (tertiary/aromatic N) is 2. The van der Waals surface area contributed by atoms with Crippen molar-refractivity contribution in [1.29, 1.82) is 0 Å². The van der Waals surface area contributed by atoms with Gasteiger partial charge >= 0.3 is 0 Å². The zero-order valence-corrected chi connectivity index (χ0v) is 10.9. The third-order valence-electron chi connectivity index (χ3n) is 4.12. The summed E-state index contributed by atoms with van der Waals surface area (Å²) < 4.78 is 0. The highest BCUT2D eigenvalue weighted by Gasteiger charge is 2.23. The smallest absolute Gasteiger partial charge is 0.123 e. The van der Waals surface area contributed by atoms with Gasteiger partial charge in [0.25, 0.3) is 0 Å². The molecule has 17 heavy (non-hydrogen) atoms. The Morgan fingerprint density at radius 1 is 1.29 bits per heavy atom. The summed E-state index contributed by atoms with van der Waals surface area (Å²) in [6.45, 7) is 2.30. The fraction of sp³-hybridized carbons (Fsp3) is 0.643. The fourth-order valence-electron chi connectivity index (χ4n) is 2.76. The molecule has 0 amide bonds. The van der Waals surface area contributed by atoms with Crippen LogP contribution in [0.1, 0.15) is 39.0 Å². The van der Waals surface area contributed by atoms with Crippen molar-refractivity contribution in [1.82, 2.24) is 4.98 Å². The second-order valence-electron chi connectivity index (χ2n) is 5.13. The van der Waals surface area contributed by atoms with Gasteiger partial charge in [-0.2, -0.15) is 0 Å². The van der Waals surface area contributed by atoms with Crippen molar-refractivity contribution in [3.05, 3.63) is 18.3 Å². The lowest BCUT2D eigenvalue weighted by molar-refractivity contribution is 0.313. The van der Waals surface area contributed by atoms with Crippen LogP contribution in [-0.2, 0) is 0 Å². The highest BCUT2D eigenvalue weighted by Crippen LogP contribution is 2.30. The molecule has 1 aliphatic rings. The van der Waals surface area contributed by atoms with Gasteiger partial charge in [-0.05, 0) is 43.7 Å². The first kappa shape index (κ1) is 12.2. The van der Waals surface area contributed by atoms with E-state index in [1.165, 1.54) is 37.8 Å². The predicted octanol–water partition coefficient (Wildman–Crippen LogP) is 3.07. The molecule has 1 aliphatic carbocycles. The molecule has 0 spiro atoms. The zero-order valence-electron chi connectivity index (χ0n) is 10.9. The highest BCUT2D eigenvalue weighted by atomic mass is 15.1. The molecule has 0 radical (unpaired) electrons. The van der Waals surface area contributed by atoms with E-state index in [0.29, 0.717) is 11.9 Å². The minimum Gasteiger partial charge on any atom is -0.384 e. The molecule has 0 saturated heterocycles. The number of rotatable bonds is 3. The van der Waals surface area contributed by atoms with Crippen LogP contribution in [0.25, 0.3) is 0 Å². The molecular weight excluding hydrogens is 210 g/mol. The summed E-state index contributed by atoms with van der Waals surface area (Å²) in [5, 5.41) is 0. The van der Waals surface area contributed by atoms with E-state index in [1.807, 2.05) is 12.3 Å². The number of hydrogen-bond acceptors (Lipinski definition) is 3. The average molecular weight is 233 g/mol. The molecule has 0 bridgehead atoms. The number of anilines is 2. The molecule has 94 valence electrons. The van der Waals surface area contributed by atoms with E-state index >= 15 is 0 Å². The van der Waals surface area contributed by atoms with Crippen LogP contribution in [0.4, 0.5) is 11.5 Å². The third kappa shape index (κ3) is 2.90. The molecule has 1 heterocycles. The Morgan fingerprint density at radius 3 is 2.53 bits per heavy atom. The topological polar surface area (TPSA) is 42.1 Å². The van der Waals surface area contributed by atoms with Crippen LogP contribution in [-0.4, -0.2) is 18.1 Å². The van der Waals surface area contributed by atoms with Crippen molar-refractivity contribution in [2.24, 2.45) is 5.92 Å². The second-order valence-corrected chi connectivity index (χ2v) is 5.13. The Balaban J connectivity index is 1.96. The summed E-state index contributed by atoms with van der Waals surface area (Å²) in [6, 6.07) is 4.61. The van der Waals surface area contributed by atoms with Crippen molar-refractivity contribution in [3.8, 4) is 0 Å². The van der Waals surface area contributed by atoms with Gasteiger partial charge in [0, 0.05) is 13.1 Å². The molecule has 1 aromatic heterocycles. The van der Waals surface area contributed by atoms with Crippen LogP contribution in [0.3, 0.4) is 0 Å². The maximum absolute atomic E-state index is 5.61. The van der Waals surface area contributed by atoms with Crippen LogP contribution in [0.15, 0.2) is 18.3 Å². The van der Waals surface area contributed by atoms with E-state index in [1.54, 1.807) is 0 Å². The van der Waals surface area contributed by atoms with Gasteiger partial charge in [0.15, 0.2) is 0 Å². The van der Waals surface area contributed by atoms with Gasteiger partial charge in [-0.15, -0.1) is 0 Å². The first-order chi connectivity index (χ1) is 8.20. The van der Waals surface area contributed by atoms with Crippen molar-refractivity contribution in [2.75, 3.05) is 17.7 Å². The second kappa shape index (κ2) is 5.39. The van der Waals surface area contributed by atoms with Crippen LogP contribution in [0.5, 0.6) is 0 Å². The maximum atomic E-state index is 5.61. The van der Waals surface area contributed by atoms with E-state index in [-0.39, 0.29) is 0 Å². The summed E-state index contributed by atoms with van der Waals surface area (Å²) >= 11 is 0.